The molecule has 2 heterocycles. The molecule has 6 heteroatoms. The van der Waals surface area contributed by atoms with Gasteiger partial charge in [0, 0.05) is 18.5 Å². The summed E-state index contributed by atoms with van der Waals surface area (Å²) >= 11 is 3.43. The van der Waals surface area contributed by atoms with Crippen molar-refractivity contribution in [1.29, 1.82) is 0 Å². The summed E-state index contributed by atoms with van der Waals surface area (Å²) in [4.78, 5) is 17.3. The van der Waals surface area contributed by atoms with Gasteiger partial charge in [-0.1, -0.05) is 12.1 Å². The van der Waals surface area contributed by atoms with E-state index >= 15 is 0 Å². The number of aromatic nitrogens is 1. The molecule has 104 valence electrons. The second kappa shape index (κ2) is 5.01. The van der Waals surface area contributed by atoms with Crippen LogP contribution in [-0.2, 0) is 4.79 Å². The van der Waals surface area contributed by atoms with Crippen LogP contribution in [0.4, 0.5) is 10.2 Å². The van der Waals surface area contributed by atoms with Crippen LogP contribution in [0, 0.1) is 11.7 Å². The molecular weight excluding hydrogens is 327 g/mol. The Morgan fingerprint density at radius 2 is 2.30 bits per heavy atom. The smallest absolute Gasteiger partial charge is 0.308 e. The number of pyridine rings is 1. The molecule has 0 saturated carbocycles. The standard InChI is InChI=1S/C14H12BrFN2O2/c15-10-6-8-2-1-3-11(16)12(8)17-13(10)18-5-4-9(7-18)14(19)20/h1-3,6,9H,4-5,7H2,(H,19,20). The second-order valence-corrected chi connectivity index (χ2v) is 5.73. The van der Waals surface area contributed by atoms with Crippen LogP contribution >= 0.6 is 15.9 Å². The van der Waals surface area contributed by atoms with Gasteiger partial charge in [0.2, 0.25) is 0 Å². The molecular formula is C14H12BrFN2O2. The molecule has 20 heavy (non-hydrogen) atoms. The lowest BCUT2D eigenvalue weighted by Crippen LogP contribution is -2.23. The van der Waals surface area contributed by atoms with E-state index in [0.29, 0.717) is 30.8 Å². The monoisotopic (exact) mass is 338 g/mol. The van der Waals surface area contributed by atoms with Gasteiger partial charge < -0.3 is 10.0 Å². The van der Waals surface area contributed by atoms with Gasteiger partial charge in [-0.3, -0.25) is 4.79 Å². The average molecular weight is 339 g/mol. The highest BCUT2D eigenvalue weighted by Gasteiger charge is 2.29. The van der Waals surface area contributed by atoms with Crippen LogP contribution in [0.15, 0.2) is 28.7 Å². The Labute approximate surface area is 123 Å². The fourth-order valence-corrected chi connectivity index (χ4v) is 3.09. The summed E-state index contributed by atoms with van der Waals surface area (Å²) in [5.74, 6) is -0.952. The minimum absolute atomic E-state index is 0.310. The fourth-order valence-electron chi connectivity index (χ4n) is 2.50. The second-order valence-electron chi connectivity index (χ2n) is 4.88. The van der Waals surface area contributed by atoms with E-state index in [1.807, 2.05) is 11.0 Å². The van der Waals surface area contributed by atoms with Gasteiger partial charge in [-0.25, -0.2) is 9.37 Å². The normalized spacial score (nSPS) is 18.7. The number of fused-ring (bicyclic) bond motifs is 1. The van der Waals surface area contributed by atoms with Gasteiger partial charge in [0.25, 0.3) is 0 Å². The highest BCUT2D eigenvalue weighted by atomic mass is 79.9. The number of benzene rings is 1. The molecule has 0 spiro atoms. The first-order valence-corrected chi connectivity index (χ1v) is 7.08. The first-order valence-electron chi connectivity index (χ1n) is 6.29. The molecule has 3 rings (SSSR count). The third kappa shape index (κ3) is 2.24. The lowest BCUT2D eigenvalue weighted by molar-refractivity contribution is -0.140. The Morgan fingerprint density at radius 3 is 3.00 bits per heavy atom. The first-order chi connectivity index (χ1) is 9.56. The summed E-state index contributed by atoms with van der Waals surface area (Å²) in [6.07, 6.45) is 0.582. The van der Waals surface area contributed by atoms with E-state index in [1.165, 1.54) is 6.07 Å². The number of para-hydroxylation sites is 1. The molecule has 2 aromatic rings. The molecule has 4 nitrogen and oxygen atoms in total. The lowest BCUT2D eigenvalue weighted by atomic mass is 10.1. The number of hydrogen-bond donors (Lipinski definition) is 1. The molecule has 1 N–H and O–H groups in total. The molecule has 0 amide bonds. The van der Waals surface area contributed by atoms with E-state index < -0.39 is 5.97 Å². The molecule has 0 aliphatic carbocycles. The van der Waals surface area contributed by atoms with Gasteiger partial charge in [-0.2, -0.15) is 0 Å². The molecule has 1 aromatic carbocycles. The molecule has 1 unspecified atom stereocenters. The first kappa shape index (κ1) is 13.3. The molecule has 1 saturated heterocycles. The molecule has 1 fully saturated rings. The maximum absolute atomic E-state index is 13.8. The highest BCUT2D eigenvalue weighted by molar-refractivity contribution is 9.10. The number of rotatable bonds is 2. The third-order valence-electron chi connectivity index (χ3n) is 3.57. The molecule has 0 radical (unpaired) electrons. The summed E-state index contributed by atoms with van der Waals surface area (Å²) in [5, 5.41) is 9.76. The summed E-state index contributed by atoms with van der Waals surface area (Å²) in [7, 11) is 0. The molecule has 0 bridgehead atoms. The molecule has 1 aliphatic rings. The Bertz CT molecular complexity index is 692. The van der Waals surface area contributed by atoms with Crippen LogP contribution in [0.5, 0.6) is 0 Å². The number of aliphatic carboxylic acids is 1. The Morgan fingerprint density at radius 1 is 1.50 bits per heavy atom. The summed E-state index contributed by atoms with van der Waals surface area (Å²) < 4.78 is 14.6. The average Bonchev–Trinajstić information content (AvgIpc) is 2.88. The van der Waals surface area contributed by atoms with E-state index in [1.54, 1.807) is 12.1 Å². The van der Waals surface area contributed by atoms with Gasteiger partial charge in [0.1, 0.15) is 17.2 Å². The fraction of sp³-hybridized carbons (Fsp3) is 0.286. The quantitative estimate of drug-likeness (QED) is 0.914. The summed E-state index contributed by atoms with van der Waals surface area (Å²) in [5.41, 5.74) is 0.310. The third-order valence-corrected chi connectivity index (χ3v) is 4.15. The van der Waals surface area contributed by atoms with Crippen molar-refractivity contribution in [3.05, 3.63) is 34.6 Å². The summed E-state index contributed by atoms with van der Waals surface area (Å²) in [6.45, 7) is 1.02. The number of carboxylic acid groups (broad SMARTS) is 1. The zero-order valence-corrected chi connectivity index (χ0v) is 12.1. The van der Waals surface area contributed by atoms with E-state index in [2.05, 4.69) is 20.9 Å². The van der Waals surface area contributed by atoms with Crippen molar-refractivity contribution >= 4 is 38.6 Å². The number of carbonyl (C=O) groups is 1. The van der Waals surface area contributed by atoms with Crippen molar-refractivity contribution in [1.82, 2.24) is 4.98 Å². The van der Waals surface area contributed by atoms with E-state index in [4.69, 9.17) is 5.11 Å². The predicted octanol–water partition coefficient (Wildman–Crippen LogP) is 3.05. The number of carboxylic acids is 1. The van der Waals surface area contributed by atoms with Crippen molar-refractivity contribution in [2.24, 2.45) is 5.92 Å². The maximum Gasteiger partial charge on any atom is 0.308 e. The number of anilines is 1. The lowest BCUT2D eigenvalue weighted by Gasteiger charge is -2.19. The number of hydrogen-bond acceptors (Lipinski definition) is 3. The Balaban J connectivity index is 2.02. The largest absolute Gasteiger partial charge is 0.481 e. The van der Waals surface area contributed by atoms with Gasteiger partial charge in [-0.05, 0) is 34.5 Å². The van der Waals surface area contributed by atoms with Crippen molar-refractivity contribution in [2.45, 2.75) is 6.42 Å². The van der Waals surface area contributed by atoms with Gasteiger partial charge >= 0.3 is 5.97 Å². The van der Waals surface area contributed by atoms with Crippen LogP contribution in [0.2, 0.25) is 0 Å². The Hall–Kier alpha value is -1.69. The van der Waals surface area contributed by atoms with Gasteiger partial charge in [0.15, 0.2) is 0 Å². The highest BCUT2D eigenvalue weighted by Crippen LogP contribution is 2.32. The molecule has 1 atom stereocenters. The van der Waals surface area contributed by atoms with Gasteiger partial charge in [-0.15, -0.1) is 0 Å². The zero-order valence-electron chi connectivity index (χ0n) is 10.5. The van der Waals surface area contributed by atoms with Crippen LogP contribution in [-0.4, -0.2) is 29.1 Å². The number of halogens is 2. The number of nitrogens with zero attached hydrogens (tertiary/aromatic N) is 2. The van der Waals surface area contributed by atoms with Crippen molar-refractivity contribution in [3.63, 3.8) is 0 Å². The van der Waals surface area contributed by atoms with Crippen molar-refractivity contribution < 1.29 is 14.3 Å². The van der Waals surface area contributed by atoms with E-state index in [0.717, 1.165) is 9.86 Å². The van der Waals surface area contributed by atoms with Gasteiger partial charge in [0.05, 0.1) is 10.4 Å². The van der Waals surface area contributed by atoms with Crippen molar-refractivity contribution in [3.8, 4) is 0 Å². The maximum atomic E-state index is 13.8. The van der Waals surface area contributed by atoms with Crippen LogP contribution < -0.4 is 4.90 Å². The minimum Gasteiger partial charge on any atom is -0.481 e. The van der Waals surface area contributed by atoms with Crippen LogP contribution in [0.25, 0.3) is 10.9 Å². The predicted molar refractivity (Wildman–Crippen MR) is 77.4 cm³/mol. The zero-order chi connectivity index (χ0) is 14.3. The minimum atomic E-state index is -0.796. The van der Waals surface area contributed by atoms with Crippen LogP contribution in [0.3, 0.4) is 0 Å². The SMILES string of the molecule is O=C(O)C1CCN(c2nc3c(F)cccc3cc2Br)C1. The molecule has 1 aromatic heterocycles. The topological polar surface area (TPSA) is 53.4 Å². The van der Waals surface area contributed by atoms with E-state index in [-0.39, 0.29) is 11.7 Å². The molecule has 1 aliphatic heterocycles. The van der Waals surface area contributed by atoms with Crippen molar-refractivity contribution in [2.75, 3.05) is 18.0 Å². The Kier molecular flexibility index (Phi) is 3.33. The van der Waals surface area contributed by atoms with E-state index in [9.17, 15) is 9.18 Å². The summed E-state index contributed by atoms with van der Waals surface area (Å²) in [6, 6.07) is 6.62. The van der Waals surface area contributed by atoms with Crippen LogP contribution in [0.1, 0.15) is 6.42 Å².